The Morgan fingerprint density at radius 1 is 0.967 bits per heavy atom. The van der Waals surface area contributed by atoms with E-state index >= 15 is 0 Å². The molecule has 0 aliphatic rings. The van der Waals surface area contributed by atoms with E-state index in [-0.39, 0.29) is 12.5 Å². The number of rotatable bonds is 7. The highest BCUT2D eigenvalue weighted by atomic mass is 16.5. The summed E-state index contributed by atoms with van der Waals surface area (Å²) in [5, 5.41) is 2.76. The molecule has 0 saturated heterocycles. The fourth-order valence-corrected chi connectivity index (χ4v) is 2.87. The van der Waals surface area contributed by atoms with Gasteiger partial charge in [0.25, 0.3) is 11.8 Å². The first-order valence-electron chi connectivity index (χ1n) is 9.36. The molecule has 7 nitrogen and oxygen atoms in total. The van der Waals surface area contributed by atoms with E-state index in [9.17, 15) is 14.4 Å². The standard InChI is InChI=1S/C23H22N2O5/c1-16-8-3-4-10-18(16)23(28)30-15-21(26)25(2)20-12-6-5-11-19(20)22(27)24-14-17-9-7-13-29-17/h3-13H,14-15H2,1-2H3,(H,24,27). The Morgan fingerprint density at radius 3 is 2.37 bits per heavy atom. The first kappa shape index (κ1) is 20.9. The number of ether oxygens (including phenoxy) is 1. The lowest BCUT2D eigenvalue weighted by Crippen LogP contribution is -2.33. The molecule has 0 fully saturated rings. The Morgan fingerprint density at radius 2 is 1.67 bits per heavy atom. The van der Waals surface area contributed by atoms with Gasteiger partial charge in [-0.1, -0.05) is 30.3 Å². The van der Waals surface area contributed by atoms with Gasteiger partial charge in [-0.3, -0.25) is 9.59 Å². The summed E-state index contributed by atoms with van der Waals surface area (Å²) in [6, 6.07) is 17.2. The zero-order valence-electron chi connectivity index (χ0n) is 16.8. The quantitative estimate of drug-likeness (QED) is 0.608. The summed E-state index contributed by atoms with van der Waals surface area (Å²) in [7, 11) is 1.53. The molecule has 1 aromatic heterocycles. The highest BCUT2D eigenvalue weighted by molar-refractivity contribution is 6.05. The lowest BCUT2D eigenvalue weighted by Gasteiger charge is -2.20. The predicted molar refractivity (Wildman–Crippen MR) is 111 cm³/mol. The number of benzene rings is 2. The number of para-hydroxylation sites is 1. The number of nitrogens with one attached hydrogen (secondary N) is 1. The minimum absolute atomic E-state index is 0.228. The molecule has 2 aromatic carbocycles. The number of anilines is 1. The first-order chi connectivity index (χ1) is 14.5. The van der Waals surface area contributed by atoms with E-state index in [2.05, 4.69) is 5.32 Å². The molecular formula is C23H22N2O5. The van der Waals surface area contributed by atoms with Crippen LogP contribution >= 0.6 is 0 Å². The molecule has 154 valence electrons. The van der Waals surface area contributed by atoms with Gasteiger partial charge >= 0.3 is 5.97 Å². The second-order valence-electron chi connectivity index (χ2n) is 6.62. The number of aryl methyl sites for hydroxylation is 1. The van der Waals surface area contributed by atoms with Gasteiger partial charge < -0.3 is 19.4 Å². The van der Waals surface area contributed by atoms with Crippen molar-refractivity contribution in [1.82, 2.24) is 5.32 Å². The van der Waals surface area contributed by atoms with Crippen LogP contribution in [-0.4, -0.2) is 31.4 Å². The van der Waals surface area contributed by atoms with Gasteiger partial charge in [-0.2, -0.15) is 0 Å². The Kier molecular flexibility index (Phi) is 6.64. The molecule has 0 unspecified atom stereocenters. The molecule has 30 heavy (non-hydrogen) atoms. The molecule has 0 aliphatic heterocycles. The van der Waals surface area contributed by atoms with Crippen molar-refractivity contribution >= 4 is 23.5 Å². The maximum Gasteiger partial charge on any atom is 0.338 e. The molecule has 3 aromatic rings. The molecular weight excluding hydrogens is 384 g/mol. The molecule has 0 spiro atoms. The van der Waals surface area contributed by atoms with Crippen molar-refractivity contribution in [2.75, 3.05) is 18.6 Å². The van der Waals surface area contributed by atoms with Crippen LogP contribution in [0.25, 0.3) is 0 Å². The van der Waals surface area contributed by atoms with Crippen molar-refractivity contribution in [3.05, 3.63) is 89.4 Å². The number of hydrogen-bond acceptors (Lipinski definition) is 5. The van der Waals surface area contributed by atoms with E-state index in [0.717, 1.165) is 5.56 Å². The highest BCUT2D eigenvalue weighted by Crippen LogP contribution is 2.20. The largest absolute Gasteiger partial charge is 0.467 e. The first-order valence-corrected chi connectivity index (χ1v) is 9.36. The summed E-state index contributed by atoms with van der Waals surface area (Å²) in [4.78, 5) is 38.7. The second-order valence-corrected chi connectivity index (χ2v) is 6.62. The van der Waals surface area contributed by atoms with Crippen LogP contribution < -0.4 is 10.2 Å². The molecule has 0 atom stereocenters. The lowest BCUT2D eigenvalue weighted by atomic mass is 10.1. The number of nitrogens with zero attached hydrogens (tertiary/aromatic N) is 1. The fourth-order valence-electron chi connectivity index (χ4n) is 2.87. The van der Waals surface area contributed by atoms with Gasteiger partial charge in [-0.15, -0.1) is 0 Å². The molecule has 3 rings (SSSR count). The molecule has 7 heteroatoms. The maximum absolute atomic E-state index is 12.6. The van der Waals surface area contributed by atoms with Crippen molar-refractivity contribution in [3.8, 4) is 0 Å². The normalized spacial score (nSPS) is 10.3. The summed E-state index contributed by atoms with van der Waals surface area (Å²) >= 11 is 0. The summed E-state index contributed by atoms with van der Waals surface area (Å²) in [6.07, 6.45) is 1.53. The van der Waals surface area contributed by atoms with Crippen LogP contribution in [0.3, 0.4) is 0 Å². The Bertz CT molecular complexity index is 1040. The summed E-state index contributed by atoms with van der Waals surface area (Å²) in [6.45, 7) is 1.58. The fraction of sp³-hybridized carbons (Fsp3) is 0.174. The van der Waals surface area contributed by atoms with Crippen LogP contribution in [0.4, 0.5) is 5.69 Å². The smallest absolute Gasteiger partial charge is 0.338 e. The zero-order valence-corrected chi connectivity index (χ0v) is 16.8. The zero-order chi connectivity index (χ0) is 21.5. The summed E-state index contributed by atoms with van der Waals surface area (Å²) in [5.74, 6) is -0.755. The lowest BCUT2D eigenvalue weighted by molar-refractivity contribution is -0.121. The van der Waals surface area contributed by atoms with E-state index in [4.69, 9.17) is 9.15 Å². The molecule has 0 radical (unpaired) electrons. The monoisotopic (exact) mass is 406 g/mol. The number of carbonyl (C=O) groups excluding carboxylic acids is 3. The Balaban J connectivity index is 1.65. The molecule has 0 bridgehead atoms. The SMILES string of the molecule is Cc1ccccc1C(=O)OCC(=O)N(C)c1ccccc1C(=O)NCc1ccco1. The van der Waals surface area contributed by atoms with Crippen LogP contribution in [0.5, 0.6) is 0 Å². The summed E-state index contributed by atoms with van der Waals surface area (Å²) < 4.78 is 10.4. The van der Waals surface area contributed by atoms with Gasteiger partial charge in [0.15, 0.2) is 6.61 Å². The molecule has 0 saturated carbocycles. The van der Waals surface area contributed by atoms with E-state index in [1.165, 1.54) is 18.2 Å². The van der Waals surface area contributed by atoms with Crippen molar-refractivity contribution in [3.63, 3.8) is 0 Å². The minimum Gasteiger partial charge on any atom is -0.467 e. The number of hydrogen-bond donors (Lipinski definition) is 1. The van der Waals surface area contributed by atoms with Gasteiger partial charge in [0, 0.05) is 7.05 Å². The van der Waals surface area contributed by atoms with Gasteiger partial charge in [-0.05, 0) is 42.8 Å². The number of likely N-dealkylation sites (N-methyl/N-ethyl adjacent to an activating group) is 1. The highest BCUT2D eigenvalue weighted by Gasteiger charge is 2.20. The van der Waals surface area contributed by atoms with E-state index in [1.54, 1.807) is 61.5 Å². The van der Waals surface area contributed by atoms with Crippen molar-refractivity contribution < 1.29 is 23.5 Å². The molecule has 1 heterocycles. The third-order valence-corrected chi connectivity index (χ3v) is 4.58. The third-order valence-electron chi connectivity index (χ3n) is 4.58. The average molecular weight is 406 g/mol. The average Bonchev–Trinajstić information content (AvgIpc) is 3.29. The van der Waals surface area contributed by atoms with Crippen LogP contribution in [0.15, 0.2) is 71.3 Å². The van der Waals surface area contributed by atoms with Crippen LogP contribution in [0.1, 0.15) is 32.0 Å². The van der Waals surface area contributed by atoms with Crippen molar-refractivity contribution in [2.24, 2.45) is 0 Å². The Labute approximate surface area is 174 Å². The van der Waals surface area contributed by atoms with Crippen LogP contribution in [-0.2, 0) is 16.1 Å². The van der Waals surface area contributed by atoms with Crippen LogP contribution in [0.2, 0.25) is 0 Å². The topological polar surface area (TPSA) is 88.9 Å². The number of amides is 2. The minimum atomic E-state index is -0.570. The van der Waals surface area contributed by atoms with Gasteiger partial charge in [0.2, 0.25) is 0 Å². The maximum atomic E-state index is 12.6. The molecule has 0 aliphatic carbocycles. The van der Waals surface area contributed by atoms with E-state index < -0.39 is 18.5 Å². The Hall–Kier alpha value is -3.87. The van der Waals surface area contributed by atoms with Gasteiger partial charge in [0.1, 0.15) is 5.76 Å². The number of esters is 1. The van der Waals surface area contributed by atoms with Crippen molar-refractivity contribution in [2.45, 2.75) is 13.5 Å². The number of furan rings is 1. The molecule has 1 N–H and O–H groups in total. The van der Waals surface area contributed by atoms with Crippen LogP contribution in [0, 0.1) is 6.92 Å². The van der Waals surface area contributed by atoms with Gasteiger partial charge in [-0.25, -0.2) is 4.79 Å². The van der Waals surface area contributed by atoms with Crippen molar-refractivity contribution in [1.29, 1.82) is 0 Å². The van der Waals surface area contributed by atoms with E-state index in [0.29, 0.717) is 22.6 Å². The van der Waals surface area contributed by atoms with Gasteiger partial charge in [0.05, 0.1) is 29.6 Å². The number of carbonyl (C=O) groups is 3. The predicted octanol–water partition coefficient (Wildman–Crippen LogP) is 3.34. The second kappa shape index (κ2) is 9.56. The third kappa shape index (κ3) is 4.94. The molecule has 2 amide bonds. The summed E-state index contributed by atoms with van der Waals surface area (Å²) in [5.41, 5.74) is 1.91. The van der Waals surface area contributed by atoms with E-state index in [1.807, 2.05) is 6.07 Å².